The number of nitrogens with zero attached hydrogens (tertiary/aromatic N) is 12. The molecule has 42 heteroatoms. The van der Waals surface area contributed by atoms with E-state index in [-0.39, 0.29) is 33.3 Å². The molecule has 13 aromatic rings. The number of pyridine rings is 1. The van der Waals surface area contributed by atoms with Gasteiger partial charge in [-0.3, -0.25) is 14.7 Å². The topological polar surface area (TPSA) is 390 Å². The third-order valence-corrected chi connectivity index (χ3v) is 31.9. The van der Waals surface area contributed by atoms with Gasteiger partial charge in [-0.15, -0.1) is 0 Å². The van der Waals surface area contributed by atoms with E-state index in [4.69, 9.17) is 65.4 Å². The van der Waals surface area contributed by atoms with Crippen LogP contribution in [0.2, 0.25) is 20.1 Å². The molecule has 0 atom stereocenters. The van der Waals surface area contributed by atoms with Crippen LogP contribution < -0.4 is 97.8 Å². The first-order valence-electron chi connectivity index (χ1n) is 44.3. The summed E-state index contributed by atoms with van der Waals surface area (Å²) < 4.78 is 113. The van der Waals surface area contributed by atoms with Crippen molar-refractivity contribution in [1.29, 1.82) is 0 Å². The van der Waals surface area contributed by atoms with Crippen molar-refractivity contribution in [2.24, 2.45) is 0 Å². The van der Waals surface area contributed by atoms with Gasteiger partial charge in [-0.2, -0.15) is 19.9 Å². The van der Waals surface area contributed by atoms with E-state index in [1.54, 1.807) is 149 Å². The molecule has 8 aromatic carbocycles. The molecule has 3 saturated heterocycles. The molecule has 5 aromatic heterocycles. The van der Waals surface area contributed by atoms with Crippen molar-refractivity contribution in [2.75, 3.05) is 173 Å². The van der Waals surface area contributed by atoms with Crippen LogP contribution >= 0.6 is 75.0 Å². The fourth-order valence-corrected chi connectivity index (χ4v) is 21.2. The smallest absolute Gasteiger partial charge is 0.234 e. The zero-order valence-corrected chi connectivity index (χ0v) is 86.3. The Morgan fingerprint density at radius 2 is 0.820 bits per heavy atom. The van der Waals surface area contributed by atoms with Gasteiger partial charge in [0.1, 0.15) is 83.2 Å². The summed E-state index contributed by atoms with van der Waals surface area (Å²) in [6, 6.07) is 54.5. The first-order chi connectivity index (χ1) is 66.3. The number of halogens is 5. The number of rotatable bonds is 30. The van der Waals surface area contributed by atoms with Crippen molar-refractivity contribution < 1.29 is 54.8 Å². The molecule has 9 N–H and O–H groups in total. The number of para-hydroxylation sites is 4. The third kappa shape index (κ3) is 28.1. The number of piperazine rings is 1. The molecule has 0 spiro atoms. The molecule has 0 bridgehead atoms. The summed E-state index contributed by atoms with van der Waals surface area (Å²) in [5.74, 6) is 5.09. The van der Waals surface area contributed by atoms with Crippen molar-refractivity contribution in [3.8, 4) is 28.7 Å². The number of amides is 1. The monoisotopic (exact) mass is 2060 g/mol. The van der Waals surface area contributed by atoms with Crippen LogP contribution in [0.5, 0.6) is 28.7 Å². The van der Waals surface area contributed by atoms with Crippen LogP contribution in [0.1, 0.15) is 46.0 Å². The minimum Gasteiger partial charge on any atom is -0.494 e. The molecule has 3 aliphatic rings. The van der Waals surface area contributed by atoms with Gasteiger partial charge in [0.15, 0.2) is 33.1 Å². The number of carbonyl (C=O) groups excluding carboxylic acids is 1. The first-order valence-corrected chi connectivity index (χ1v) is 57.8. The first kappa shape index (κ1) is 104. The number of nitrogens with one attached hydrogen (secondary N) is 9. The van der Waals surface area contributed by atoms with E-state index >= 15 is 0 Å². The van der Waals surface area contributed by atoms with E-state index < -0.39 is 49.5 Å². The van der Waals surface area contributed by atoms with Crippen molar-refractivity contribution in [3.05, 3.63) is 245 Å². The second kappa shape index (κ2) is 46.7. The molecule has 1 amide bonds. The fraction of sp³-hybridized carbons (Fsp3) is 0.278. The molecule has 8 heterocycles. The average molecular weight is 2060 g/mol. The maximum Gasteiger partial charge on any atom is 0.234 e. The SMILES string of the molecule is CC(C)S(=O)(=O)c1ccccc1Nc1nc(Nc2ccc(P(C)(C)=O)cc2F)ncc1Cl.COc1cc(N2CCC(N3CCNC(=O)C3)CC2)ccc1Nc1ncc(Cl)c(Nc2ccccc2P(C)(C)=O)n1.COc1cc(N2CCCCC2)ccc1Nc1ncc(Cl)c(Nc2ccccc2P(C)(C)=O)n1.COc1cc(Oc2cccnc2)ccc1Nc1ncc(Cl)c(Nc2ccccc2P(C)(C)=O)n1. The number of aromatic nitrogens is 9. The molecule has 0 aliphatic carbocycles. The second-order valence-corrected chi connectivity index (χ2v) is 51.1. The number of ether oxygens (including phenoxy) is 4. The lowest BCUT2D eigenvalue weighted by atomic mass is 10.0. The Bertz CT molecular complexity index is 6880. The van der Waals surface area contributed by atoms with Crippen molar-refractivity contribution in [3.63, 3.8) is 0 Å². The van der Waals surface area contributed by atoms with E-state index in [1.807, 2.05) is 103 Å². The minimum absolute atomic E-state index is 0.0453. The van der Waals surface area contributed by atoms with Crippen LogP contribution in [-0.4, -0.2) is 196 Å². The molecule has 0 radical (unpaired) electrons. The van der Waals surface area contributed by atoms with Gasteiger partial charge < -0.3 is 94.9 Å². The standard InChI is InChI=1S/C28H35ClN7O3P.C24H23ClN5O3P.C24H29ClN5O2P.C21H23ClFN4O3PS/c1-39-24-16-20(35-13-10-19(11-14-35)36-15-12-30-26(37)18-36)8-9-22(24)33-28-31-17-21(29)27(34-28)32-23-6-4-5-7-25(23)40(2,3)38;1-32-21-13-16(33-17-7-6-12-26-14-17)10-11-19(21)29-24-27-15-18(25)23(30-24)28-20-8-4-5-9-22(20)34(2,3)31;1-32-21-15-17(30-13-7-4-8-14-30)11-12-19(21)28-24-26-16-18(25)23(29-24)27-20-9-5-6-10-22(20)33(2,3)31;1-13(2)32(29,30)19-8-6-5-7-18(19)25-20-15(22)12-24-21(27-20)26-17-10-9-14(11-16(17)23)31(3,4)28/h4-9,16-17,19H,10-15,18H2,1-3H3,(H,30,37)(H2,31,32,33,34);4-15H,1-3H3,(H2,27,28,29,30);5-6,9-12,15-16H,4,7-8,13-14H2,1-3H3,(H2,26,27,28,29);5-13H,1-4H3,(H2,24,25,26,27). The van der Waals surface area contributed by atoms with E-state index in [0.29, 0.717) is 125 Å². The minimum atomic E-state index is -3.56. The molecule has 16 rings (SSSR count). The number of benzene rings is 8. The lowest BCUT2D eigenvalue weighted by molar-refractivity contribution is -0.125. The molecule has 0 unspecified atom stereocenters. The highest BCUT2D eigenvalue weighted by Crippen LogP contribution is 2.45. The summed E-state index contributed by atoms with van der Waals surface area (Å²) in [6.07, 6.45) is 14.9. The highest BCUT2D eigenvalue weighted by atomic mass is 35.5. The molecule has 3 aliphatic heterocycles. The largest absolute Gasteiger partial charge is 0.494 e. The van der Waals surface area contributed by atoms with Gasteiger partial charge in [0, 0.05) is 102 Å². The molecular formula is C97H110Cl4FN21O11P4S. The van der Waals surface area contributed by atoms with Gasteiger partial charge in [0.25, 0.3) is 0 Å². The van der Waals surface area contributed by atoms with Crippen LogP contribution in [0.4, 0.5) is 108 Å². The predicted octanol–water partition coefficient (Wildman–Crippen LogP) is 21.4. The summed E-state index contributed by atoms with van der Waals surface area (Å²) in [5.41, 5.74) is 6.84. The molecule has 139 heavy (non-hydrogen) atoms. The molecule has 32 nitrogen and oxygen atoms in total. The van der Waals surface area contributed by atoms with Gasteiger partial charge in [0.05, 0.1) is 115 Å². The fourth-order valence-electron chi connectivity index (χ4n) is 15.2. The Balaban J connectivity index is 0.000000157. The predicted molar refractivity (Wildman–Crippen MR) is 564 cm³/mol. The second-order valence-electron chi connectivity index (χ2n) is 34.3. The molecule has 730 valence electrons. The summed E-state index contributed by atoms with van der Waals surface area (Å²) in [5, 5.41) is 31.0. The number of piperidine rings is 2. The summed E-state index contributed by atoms with van der Waals surface area (Å²) in [6.45, 7) is 22.8. The highest BCUT2D eigenvalue weighted by molar-refractivity contribution is 7.92. The van der Waals surface area contributed by atoms with E-state index in [9.17, 15) is 35.9 Å². The number of sulfone groups is 1. The van der Waals surface area contributed by atoms with Crippen LogP contribution in [0.25, 0.3) is 0 Å². The van der Waals surface area contributed by atoms with Crippen molar-refractivity contribution in [1.82, 2.24) is 55.1 Å². The van der Waals surface area contributed by atoms with Crippen LogP contribution in [0.15, 0.2) is 224 Å². The quantitative estimate of drug-likeness (QED) is 0.0189. The molecular weight excluding hydrogens is 1950 g/mol. The Hall–Kier alpha value is -12.2. The zero-order valence-electron chi connectivity index (χ0n) is 78.9. The highest BCUT2D eigenvalue weighted by Gasteiger charge is 2.31. The lowest BCUT2D eigenvalue weighted by Gasteiger charge is -2.40. The molecule has 0 saturated carbocycles. The Morgan fingerprint density at radius 1 is 0.424 bits per heavy atom. The number of hydrogen-bond donors (Lipinski definition) is 9. The Morgan fingerprint density at radius 3 is 1.22 bits per heavy atom. The molecule has 3 fully saturated rings. The summed E-state index contributed by atoms with van der Waals surface area (Å²) >= 11 is 25.3. The van der Waals surface area contributed by atoms with Gasteiger partial charge in [-0.05, 0) is 215 Å². The normalized spacial score (nSPS) is 13.7. The maximum atomic E-state index is 14.5. The Labute approximate surface area is 828 Å². The van der Waals surface area contributed by atoms with Crippen LogP contribution in [-0.2, 0) is 32.9 Å². The van der Waals surface area contributed by atoms with Gasteiger partial charge in [-0.25, -0.2) is 32.7 Å². The van der Waals surface area contributed by atoms with Crippen LogP contribution in [0, 0.1) is 5.82 Å². The van der Waals surface area contributed by atoms with Gasteiger partial charge >= 0.3 is 0 Å². The average Bonchev–Trinajstić information content (AvgIpc) is 0.807. The van der Waals surface area contributed by atoms with E-state index in [2.05, 4.69) is 120 Å². The maximum absolute atomic E-state index is 14.5. The van der Waals surface area contributed by atoms with Gasteiger partial charge in [0.2, 0.25) is 29.7 Å². The van der Waals surface area contributed by atoms with Crippen LogP contribution in [0.3, 0.4) is 0 Å². The summed E-state index contributed by atoms with van der Waals surface area (Å²) in [7, 11) is -8.82. The van der Waals surface area contributed by atoms with Crippen molar-refractivity contribution >= 4 is 216 Å². The Kier molecular flexibility index (Phi) is 35.0. The third-order valence-electron chi connectivity index (χ3n) is 22.4. The number of anilines is 18. The zero-order chi connectivity index (χ0) is 99.5. The van der Waals surface area contributed by atoms with Gasteiger partial charge in [-0.1, -0.05) is 94.9 Å². The van der Waals surface area contributed by atoms with E-state index in [1.165, 1.54) is 62.2 Å². The number of hydrogen-bond acceptors (Lipinski definition) is 31. The number of methoxy groups -OCH3 is 3. The summed E-state index contributed by atoms with van der Waals surface area (Å²) in [4.78, 5) is 57.9. The van der Waals surface area contributed by atoms with E-state index in [0.717, 1.165) is 91.2 Å². The number of carbonyl (C=O) groups is 1. The van der Waals surface area contributed by atoms with Crippen molar-refractivity contribution in [2.45, 2.75) is 62.1 Å². The lowest BCUT2D eigenvalue weighted by Crippen LogP contribution is -2.54.